The molecule has 0 saturated carbocycles. The minimum absolute atomic E-state index is 0.0950. The van der Waals surface area contributed by atoms with Crippen molar-refractivity contribution in [3.63, 3.8) is 0 Å². The van der Waals surface area contributed by atoms with Crippen LogP contribution in [0.2, 0.25) is 0 Å². The Morgan fingerprint density at radius 1 is 1.70 bits per heavy atom. The van der Waals surface area contributed by atoms with Crippen molar-refractivity contribution in [2.75, 3.05) is 26.4 Å². The first-order valence-electron chi connectivity index (χ1n) is 3.23. The summed E-state index contributed by atoms with van der Waals surface area (Å²) < 4.78 is 16.0. The van der Waals surface area contributed by atoms with Gasteiger partial charge in [-0.2, -0.15) is 0 Å². The average molecular weight is 149 g/mol. The molecular formula is C6H12FNO2. The number of ether oxygens (including phenoxy) is 1. The predicted octanol–water partition coefficient (Wildman–Crippen LogP) is 0.109. The summed E-state index contributed by atoms with van der Waals surface area (Å²) in [7, 11) is 0. The number of hydrogen-bond donors (Lipinski definition) is 1. The Morgan fingerprint density at radius 3 is 2.90 bits per heavy atom. The van der Waals surface area contributed by atoms with Crippen molar-refractivity contribution >= 4 is 5.97 Å². The van der Waals surface area contributed by atoms with Crippen LogP contribution in [0, 0.1) is 0 Å². The predicted molar refractivity (Wildman–Crippen MR) is 35.5 cm³/mol. The fraction of sp³-hybridized carbons (Fsp3) is 0.833. The summed E-state index contributed by atoms with van der Waals surface area (Å²) in [4.78, 5) is 10.5. The summed E-state index contributed by atoms with van der Waals surface area (Å²) in [5.41, 5.74) is 0. The van der Waals surface area contributed by atoms with Crippen LogP contribution in [0.3, 0.4) is 0 Å². The van der Waals surface area contributed by atoms with E-state index in [-0.39, 0.29) is 19.1 Å². The van der Waals surface area contributed by atoms with Crippen molar-refractivity contribution in [3.8, 4) is 0 Å². The number of alkyl halides is 1. The Hall–Kier alpha value is -0.640. The second kappa shape index (κ2) is 6.48. The van der Waals surface area contributed by atoms with Crippen LogP contribution < -0.4 is 5.32 Å². The van der Waals surface area contributed by atoms with Crippen LogP contribution in [0.5, 0.6) is 0 Å². The lowest BCUT2D eigenvalue weighted by Crippen LogP contribution is -2.26. The average Bonchev–Trinajstić information content (AvgIpc) is 1.89. The van der Waals surface area contributed by atoms with Gasteiger partial charge in [0.25, 0.3) is 0 Å². The number of nitrogens with one attached hydrogen (secondary N) is 1. The maximum Gasteiger partial charge on any atom is 0.319 e. The van der Waals surface area contributed by atoms with Crippen LogP contribution >= 0.6 is 0 Å². The van der Waals surface area contributed by atoms with Gasteiger partial charge in [0.2, 0.25) is 0 Å². The molecule has 0 amide bonds. The highest BCUT2D eigenvalue weighted by Crippen LogP contribution is 1.74. The Labute approximate surface area is 59.6 Å². The molecule has 0 aromatic heterocycles. The van der Waals surface area contributed by atoms with E-state index in [9.17, 15) is 9.18 Å². The van der Waals surface area contributed by atoms with Crippen LogP contribution in [0.1, 0.15) is 6.92 Å². The lowest BCUT2D eigenvalue weighted by Gasteiger charge is -2.00. The van der Waals surface area contributed by atoms with Crippen molar-refractivity contribution in [1.82, 2.24) is 5.32 Å². The van der Waals surface area contributed by atoms with Gasteiger partial charge in [0.05, 0.1) is 13.2 Å². The molecule has 0 unspecified atom stereocenters. The molecule has 60 valence electrons. The second-order valence-corrected chi connectivity index (χ2v) is 1.67. The van der Waals surface area contributed by atoms with E-state index >= 15 is 0 Å². The van der Waals surface area contributed by atoms with Crippen LogP contribution in [0.25, 0.3) is 0 Å². The highest BCUT2D eigenvalue weighted by atomic mass is 19.1. The van der Waals surface area contributed by atoms with Gasteiger partial charge in [-0.3, -0.25) is 4.79 Å². The first-order chi connectivity index (χ1) is 4.81. The first kappa shape index (κ1) is 9.36. The molecule has 3 nitrogen and oxygen atoms in total. The second-order valence-electron chi connectivity index (χ2n) is 1.67. The molecule has 0 spiro atoms. The molecule has 0 bridgehead atoms. The van der Waals surface area contributed by atoms with Gasteiger partial charge in [0.15, 0.2) is 0 Å². The van der Waals surface area contributed by atoms with Gasteiger partial charge in [0, 0.05) is 6.54 Å². The summed E-state index contributed by atoms with van der Waals surface area (Å²) in [6.07, 6.45) is 0. The molecule has 10 heavy (non-hydrogen) atoms. The molecule has 0 aliphatic carbocycles. The topological polar surface area (TPSA) is 38.3 Å². The Morgan fingerprint density at radius 2 is 2.40 bits per heavy atom. The highest BCUT2D eigenvalue weighted by molar-refractivity contribution is 5.71. The number of carbonyl (C=O) groups is 1. The molecule has 0 rings (SSSR count). The summed E-state index contributed by atoms with van der Waals surface area (Å²) >= 11 is 0. The SMILES string of the molecule is CCOC(=O)CNCCF. The highest BCUT2D eigenvalue weighted by Gasteiger charge is 1.97. The van der Waals surface area contributed by atoms with Gasteiger partial charge in [-0.1, -0.05) is 0 Å². The van der Waals surface area contributed by atoms with Crippen molar-refractivity contribution in [1.29, 1.82) is 0 Å². The van der Waals surface area contributed by atoms with Crippen molar-refractivity contribution in [2.45, 2.75) is 6.92 Å². The minimum atomic E-state index is -0.459. The lowest BCUT2D eigenvalue weighted by atomic mass is 10.6. The fourth-order valence-electron chi connectivity index (χ4n) is 0.469. The minimum Gasteiger partial charge on any atom is -0.465 e. The largest absolute Gasteiger partial charge is 0.465 e. The molecule has 4 heteroatoms. The molecule has 0 atom stereocenters. The molecule has 0 radical (unpaired) electrons. The number of rotatable bonds is 5. The first-order valence-corrected chi connectivity index (χ1v) is 3.23. The summed E-state index contributed by atoms with van der Waals surface area (Å²) in [5, 5.41) is 2.57. The van der Waals surface area contributed by atoms with Gasteiger partial charge >= 0.3 is 5.97 Å². The van der Waals surface area contributed by atoms with Crippen LogP contribution in [-0.4, -0.2) is 32.3 Å². The number of carbonyl (C=O) groups excluding carboxylic acids is 1. The van der Waals surface area contributed by atoms with Crippen molar-refractivity contribution in [2.24, 2.45) is 0 Å². The van der Waals surface area contributed by atoms with Crippen LogP contribution in [0.15, 0.2) is 0 Å². The molecule has 0 saturated heterocycles. The van der Waals surface area contributed by atoms with Gasteiger partial charge < -0.3 is 10.1 Å². The summed E-state index contributed by atoms with van der Waals surface area (Å²) in [6.45, 7) is 1.94. The van der Waals surface area contributed by atoms with E-state index in [0.29, 0.717) is 6.61 Å². The van der Waals surface area contributed by atoms with E-state index in [1.807, 2.05) is 0 Å². The zero-order valence-electron chi connectivity index (χ0n) is 6.02. The third-order valence-electron chi connectivity index (χ3n) is 0.846. The molecular weight excluding hydrogens is 137 g/mol. The smallest absolute Gasteiger partial charge is 0.319 e. The molecule has 0 aromatic rings. The molecule has 0 fully saturated rings. The summed E-state index contributed by atoms with van der Waals surface area (Å²) in [6, 6.07) is 0. The Kier molecular flexibility index (Phi) is 6.06. The maximum absolute atomic E-state index is 11.4. The third kappa shape index (κ3) is 5.50. The summed E-state index contributed by atoms with van der Waals surface area (Å²) in [5.74, 6) is -0.337. The number of halogens is 1. The van der Waals surface area contributed by atoms with E-state index in [2.05, 4.69) is 10.1 Å². The number of hydrogen-bond acceptors (Lipinski definition) is 3. The van der Waals surface area contributed by atoms with Crippen LogP contribution in [0.4, 0.5) is 4.39 Å². The monoisotopic (exact) mass is 149 g/mol. The fourth-order valence-corrected chi connectivity index (χ4v) is 0.469. The molecule has 0 aliphatic heterocycles. The van der Waals surface area contributed by atoms with E-state index < -0.39 is 6.67 Å². The third-order valence-corrected chi connectivity index (χ3v) is 0.846. The van der Waals surface area contributed by atoms with E-state index in [1.54, 1.807) is 6.92 Å². The number of esters is 1. The quantitative estimate of drug-likeness (QED) is 0.445. The maximum atomic E-state index is 11.4. The van der Waals surface area contributed by atoms with Crippen molar-refractivity contribution < 1.29 is 13.9 Å². The van der Waals surface area contributed by atoms with E-state index in [1.165, 1.54) is 0 Å². The molecule has 1 N–H and O–H groups in total. The zero-order chi connectivity index (χ0) is 7.82. The lowest BCUT2D eigenvalue weighted by molar-refractivity contribution is -0.141. The molecule has 0 heterocycles. The Bertz CT molecular complexity index is 97.7. The Balaban J connectivity index is 3.05. The van der Waals surface area contributed by atoms with E-state index in [4.69, 9.17) is 0 Å². The zero-order valence-corrected chi connectivity index (χ0v) is 6.02. The molecule has 0 aliphatic rings. The van der Waals surface area contributed by atoms with Gasteiger partial charge in [-0.25, -0.2) is 4.39 Å². The van der Waals surface area contributed by atoms with Crippen molar-refractivity contribution in [3.05, 3.63) is 0 Å². The van der Waals surface area contributed by atoms with Gasteiger partial charge in [-0.15, -0.1) is 0 Å². The van der Waals surface area contributed by atoms with E-state index in [0.717, 1.165) is 0 Å². The van der Waals surface area contributed by atoms with Gasteiger partial charge in [0.1, 0.15) is 6.67 Å². The van der Waals surface area contributed by atoms with Gasteiger partial charge in [-0.05, 0) is 6.92 Å². The standard InChI is InChI=1S/C6H12FNO2/c1-2-10-6(9)5-8-4-3-7/h8H,2-5H2,1H3. The van der Waals surface area contributed by atoms with Crippen LogP contribution in [-0.2, 0) is 9.53 Å². The normalized spacial score (nSPS) is 9.40. The molecule has 0 aromatic carbocycles.